The van der Waals surface area contributed by atoms with Crippen LogP contribution < -0.4 is 11.2 Å². The fourth-order valence-corrected chi connectivity index (χ4v) is 3.21. The van der Waals surface area contributed by atoms with Gasteiger partial charge in [-0.25, -0.2) is 10.4 Å². The van der Waals surface area contributed by atoms with E-state index in [1.165, 1.54) is 4.90 Å². The summed E-state index contributed by atoms with van der Waals surface area (Å²) in [6.45, 7) is 2.11. The van der Waals surface area contributed by atoms with E-state index in [0.29, 0.717) is 24.0 Å². The minimum Gasteiger partial charge on any atom is -0.369 e. The molecule has 1 fully saturated rings. The fraction of sp³-hybridized carbons (Fsp3) is 0.375. The third kappa shape index (κ3) is 2.54. The number of hydrazine groups is 1. The molecule has 2 atom stereocenters. The van der Waals surface area contributed by atoms with Gasteiger partial charge in [-0.1, -0.05) is 12.1 Å². The molecule has 0 radical (unpaired) electrons. The lowest BCUT2D eigenvalue weighted by Gasteiger charge is -2.16. The Morgan fingerprint density at radius 2 is 1.79 bits per heavy atom. The van der Waals surface area contributed by atoms with Gasteiger partial charge in [0.05, 0.1) is 17.0 Å². The number of amides is 3. The standard InChI is InChI=1S/C16H19N5O3/c1-9-10(15(24)21(19-9)16(17)18)7-4-8-20-13(22)11-5-2-3-6-12(11)14(20)23/h2-3,5-6,9-10,19H,4,7-8H2,1H3,(H3,17,18). The molecule has 2 aliphatic heterocycles. The van der Waals surface area contributed by atoms with Crippen molar-refractivity contribution in [2.24, 2.45) is 11.7 Å². The van der Waals surface area contributed by atoms with E-state index in [0.717, 1.165) is 5.01 Å². The predicted molar refractivity (Wildman–Crippen MR) is 85.9 cm³/mol. The molecular formula is C16H19N5O3. The highest BCUT2D eigenvalue weighted by Crippen LogP contribution is 2.25. The van der Waals surface area contributed by atoms with Crippen LogP contribution >= 0.6 is 0 Å². The van der Waals surface area contributed by atoms with Crippen molar-refractivity contribution in [2.75, 3.05) is 6.54 Å². The Hall–Kier alpha value is -2.74. The number of nitrogens with zero attached hydrogens (tertiary/aromatic N) is 2. The van der Waals surface area contributed by atoms with E-state index in [1.54, 1.807) is 24.3 Å². The molecule has 0 spiro atoms. The molecule has 0 saturated carbocycles. The van der Waals surface area contributed by atoms with Crippen molar-refractivity contribution in [1.82, 2.24) is 15.3 Å². The topological polar surface area (TPSA) is 120 Å². The minimum atomic E-state index is -0.338. The third-order valence-corrected chi connectivity index (χ3v) is 4.49. The van der Waals surface area contributed by atoms with E-state index in [2.05, 4.69) is 5.43 Å². The number of nitrogens with two attached hydrogens (primary N) is 1. The Labute approximate surface area is 139 Å². The van der Waals surface area contributed by atoms with Crippen molar-refractivity contribution >= 4 is 23.7 Å². The smallest absolute Gasteiger partial charge is 0.261 e. The maximum absolute atomic E-state index is 12.3. The van der Waals surface area contributed by atoms with Gasteiger partial charge in [-0.3, -0.25) is 24.7 Å². The lowest BCUT2D eigenvalue weighted by Crippen LogP contribution is -2.45. The first-order valence-corrected chi connectivity index (χ1v) is 7.81. The second kappa shape index (κ2) is 6.04. The van der Waals surface area contributed by atoms with Crippen LogP contribution in [0.3, 0.4) is 0 Å². The molecule has 4 N–H and O–H groups in total. The van der Waals surface area contributed by atoms with Crippen LogP contribution in [0, 0.1) is 11.3 Å². The molecule has 8 nitrogen and oxygen atoms in total. The summed E-state index contributed by atoms with van der Waals surface area (Å²) in [6.07, 6.45) is 1.02. The number of rotatable bonds is 4. The summed E-state index contributed by atoms with van der Waals surface area (Å²) < 4.78 is 0. The van der Waals surface area contributed by atoms with Crippen LogP contribution in [0.1, 0.15) is 40.5 Å². The Bertz CT molecular complexity index is 697. The molecule has 2 heterocycles. The first kappa shape index (κ1) is 16.1. The first-order valence-electron chi connectivity index (χ1n) is 7.81. The number of hydrogen-bond donors (Lipinski definition) is 3. The Morgan fingerprint density at radius 1 is 1.21 bits per heavy atom. The van der Waals surface area contributed by atoms with Gasteiger partial charge in [0.25, 0.3) is 11.8 Å². The maximum atomic E-state index is 12.3. The zero-order valence-electron chi connectivity index (χ0n) is 13.3. The molecule has 3 rings (SSSR count). The van der Waals surface area contributed by atoms with Gasteiger partial charge in [0.1, 0.15) is 0 Å². The average molecular weight is 329 g/mol. The highest BCUT2D eigenvalue weighted by molar-refractivity contribution is 6.21. The molecule has 126 valence electrons. The van der Waals surface area contributed by atoms with Crippen LogP contribution in [0.4, 0.5) is 0 Å². The van der Waals surface area contributed by atoms with E-state index < -0.39 is 0 Å². The van der Waals surface area contributed by atoms with Crippen LogP contribution in [-0.4, -0.2) is 46.2 Å². The van der Waals surface area contributed by atoms with Crippen molar-refractivity contribution in [3.05, 3.63) is 35.4 Å². The number of nitrogens with one attached hydrogen (secondary N) is 2. The monoisotopic (exact) mass is 329 g/mol. The maximum Gasteiger partial charge on any atom is 0.261 e. The van der Waals surface area contributed by atoms with Crippen LogP contribution in [0.2, 0.25) is 0 Å². The summed E-state index contributed by atoms with van der Waals surface area (Å²) in [6, 6.07) is 6.60. The van der Waals surface area contributed by atoms with E-state index in [9.17, 15) is 14.4 Å². The van der Waals surface area contributed by atoms with Crippen molar-refractivity contribution < 1.29 is 14.4 Å². The lowest BCUT2D eigenvalue weighted by molar-refractivity contribution is -0.129. The number of benzene rings is 1. The van der Waals surface area contributed by atoms with Gasteiger partial charge in [-0.05, 0) is 31.9 Å². The SMILES string of the molecule is CC1NN(C(=N)N)C(=O)C1CCCN1C(=O)c2ccccc2C1=O. The second-order valence-corrected chi connectivity index (χ2v) is 6.03. The van der Waals surface area contributed by atoms with Gasteiger partial charge in [0.2, 0.25) is 11.9 Å². The zero-order chi connectivity index (χ0) is 17.4. The summed E-state index contributed by atoms with van der Waals surface area (Å²) >= 11 is 0. The Morgan fingerprint density at radius 3 is 2.29 bits per heavy atom. The van der Waals surface area contributed by atoms with Gasteiger partial charge < -0.3 is 5.73 Å². The molecule has 1 saturated heterocycles. The van der Waals surface area contributed by atoms with Gasteiger partial charge in [-0.2, -0.15) is 0 Å². The predicted octanol–water partition coefficient (Wildman–Crippen LogP) is 0.308. The van der Waals surface area contributed by atoms with Gasteiger partial charge >= 0.3 is 0 Å². The van der Waals surface area contributed by atoms with E-state index in [1.807, 2.05) is 6.92 Å². The van der Waals surface area contributed by atoms with Crippen molar-refractivity contribution in [1.29, 1.82) is 5.41 Å². The van der Waals surface area contributed by atoms with Crippen LogP contribution in [-0.2, 0) is 4.79 Å². The molecule has 2 aliphatic rings. The molecule has 0 bridgehead atoms. The summed E-state index contributed by atoms with van der Waals surface area (Å²) in [7, 11) is 0. The van der Waals surface area contributed by atoms with Gasteiger partial charge in [-0.15, -0.1) is 0 Å². The third-order valence-electron chi connectivity index (χ3n) is 4.49. The van der Waals surface area contributed by atoms with E-state index in [-0.39, 0.29) is 42.2 Å². The summed E-state index contributed by atoms with van der Waals surface area (Å²) in [5.41, 5.74) is 9.06. The van der Waals surface area contributed by atoms with Crippen molar-refractivity contribution in [2.45, 2.75) is 25.8 Å². The van der Waals surface area contributed by atoms with E-state index in [4.69, 9.17) is 11.1 Å². The quantitative estimate of drug-likeness (QED) is 0.417. The number of carbonyl (C=O) groups is 3. The molecule has 8 heteroatoms. The Kier molecular flexibility index (Phi) is 4.06. The molecule has 24 heavy (non-hydrogen) atoms. The second-order valence-electron chi connectivity index (χ2n) is 6.03. The first-order chi connectivity index (χ1) is 11.4. The molecule has 1 aromatic carbocycles. The summed E-state index contributed by atoms with van der Waals surface area (Å²) in [4.78, 5) is 38.0. The number of carbonyl (C=O) groups excluding carboxylic acids is 3. The minimum absolute atomic E-state index is 0.149. The zero-order valence-corrected chi connectivity index (χ0v) is 13.3. The lowest BCUT2D eigenvalue weighted by atomic mass is 9.97. The van der Waals surface area contributed by atoms with Gasteiger partial charge in [0.15, 0.2) is 0 Å². The highest BCUT2D eigenvalue weighted by Gasteiger charge is 2.39. The van der Waals surface area contributed by atoms with E-state index >= 15 is 0 Å². The van der Waals surface area contributed by atoms with Crippen molar-refractivity contribution in [3.63, 3.8) is 0 Å². The Balaban J connectivity index is 1.60. The summed E-state index contributed by atoms with van der Waals surface area (Å²) in [5, 5.41) is 8.40. The van der Waals surface area contributed by atoms with Gasteiger partial charge in [0, 0.05) is 12.6 Å². The van der Waals surface area contributed by atoms with Crippen LogP contribution in [0.25, 0.3) is 0 Å². The molecule has 1 aromatic rings. The molecule has 0 aliphatic carbocycles. The average Bonchev–Trinajstić information content (AvgIpc) is 2.97. The number of fused-ring (bicyclic) bond motifs is 1. The number of hydrogen-bond acceptors (Lipinski definition) is 5. The fourth-order valence-electron chi connectivity index (χ4n) is 3.21. The molecular weight excluding hydrogens is 310 g/mol. The number of guanidine groups is 1. The van der Waals surface area contributed by atoms with Crippen LogP contribution in [0.5, 0.6) is 0 Å². The van der Waals surface area contributed by atoms with Crippen molar-refractivity contribution in [3.8, 4) is 0 Å². The summed E-state index contributed by atoms with van der Waals surface area (Å²) in [5.74, 6) is -1.49. The largest absolute Gasteiger partial charge is 0.369 e. The number of imide groups is 1. The van der Waals surface area contributed by atoms with Crippen LogP contribution in [0.15, 0.2) is 24.3 Å². The highest BCUT2D eigenvalue weighted by atomic mass is 16.2. The normalized spacial score (nSPS) is 23.1. The molecule has 3 amide bonds. The molecule has 0 aromatic heterocycles. The molecule has 2 unspecified atom stereocenters.